The predicted octanol–water partition coefficient (Wildman–Crippen LogP) is 4.48. The minimum absolute atomic E-state index is 0.347. The zero-order chi connectivity index (χ0) is 18.6. The first kappa shape index (κ1) is 18.0. The lowest BCUT2D eigenvalue weighted by atomic mass is 9.56. The molecular weight excluding hydrogens is 316 g/mol. The topological polar surface area (TPSA) is 59.7 Å². The lowest BCUT2D eigenvalue weighted by Gasteiger charge is -2.53. The fourth-order valence-corrected chi connectivity index (χ4v) is 4.20. The van der Waals surface area contributed by atoms with Gasteiger partial charge in [0.2, 0.25) is 0 Å². The number of furan rings is 1. The number of aliphatic hydroxyl groups is 1. The van der Waals surface area contributed by atoms with Crippen molar-refractivity contribution in [2.24, 2.45) is 5.41 Å². The number of carbonyl (C=O) groups is 1. The molecule has 0 saturated carbocycles. The molecule has 0 amide bonds. The van der Waals surface area contributed by atoms with E-state index in [4.69, 9.17) is 9.15 Å². The van der Waals surface area contributed by atoms with Crippen LogP contribution >= 0.6 is 0 Å². The molecule has 0 saturated heterocycles. The molecule has 4 heteroatoms. The second kappa shape index (κ2) is 5.87. The fourth-order valence-electron chi connectivity index (χ4n) is 4.20. The SMILES string of the molecule is C/C=C(\C)C(=O)O[C@@H]1c2c(oc(C)c2C)CC2=CCC[C@@](C)(O)[C@]21C. The highest BCUT2D eigenvalue weighted by Crippen LogP contribution is 2.59. The van der Waals surface area contributed by atoms with Crippen LogP contribution in [0.5, 0.6) is 0 Å². The molecule has 3 atom stereocenters. The zero-order valence-electron chi connectivity index (χ0n) is 16.0. The van der Waals surface area contributed by atoms with Crippen molar-refractivity contribution in [3.63, 3.8) is 0 Å². The Hall–Kier alpha value is -1.81. The smallest absolute Gasteiger partial charge is 0.334 e. The van der Waals surface area contributed by atoms with Gasteiger partial charge in [-0.25, -0.2) is 4.79 Å². The Bertz CT molecular complexity index is 778. The van der Waals surface area contributed by atoms with Crippen LogP contribution in [0.4, 0.5) is 0 Å². The number of fused-ring (bicyclic) bond motifs is 2. The van der Waals surface area contributed by atoms with E-state index in [0.717, 1.165) is 34.6 Å². The maximum absolute atomic E-state index is 12.6. The Kier molecular flexibility index (Phi) is 4.23. The Morgan fingerprint density at radius 1 is 1.40 bits per heavy atom. The molecule has 3 rings (SSSR count). The Balaban J connectivity index is 2.20. The summed E-state index contributed by atoms with van der Waals surface area (Å²) < 4.78 is 12.0. The summed E-state index contributed by atoms with van der Waals surface area (Å²) in [6.45, 7) is 11.4. The summed E-state index contributed by atoms with van der Waals surface area (Å²) in [4.78, 5) is 12.6. The van der Waals surface area contributed by atoms with Gasteiger partial charge in [-0.3, -0.25) is 0 Å². The molecule has 0 spiro atoms. The van der Waals surface area contributed by atoms with E-state index in [-0.39, 0.29) is 5.97 Å². The highest BCUT2D eigenvalue weighted by molar-refractivity contribution is 5.88. The molecule has 1 N–H and O–H groups in total. The van der Waals surface area contributed by atoms with E-state index in [1.165, 1.54) is 0 Å². The van der Waals surface area contributed by atoms with Crippen LogP contribution in [0.15, 0.2) is 27.7 Å². The van der Waals surface area contributed by atoms with Crippen LogP contribution in [-0.2, 0) is 16.0 Å². The highest BCUT2D eigenvalue weighted by atomic mass is 16.5. The molecule has 0 bridgehead atoms. The number of rotatable bonds is 2. The Labute approximate surface area is 149 Å². The van der Waals surface area contributed by atoms with Crippen LogP contribution in [0.1, 0.15) is 69.3 Å². The number of ether oxygens (including phenoxy) is 1. The largest absolute Gasteiger partial charge is 0.465 e. The number of aryl methyl sites for hydroxylation is 1. The standard InChI is InChI=1S/C21H28O4/c1-7-12(2)19(22)25-18-17-13(3)14(4)24-16(17)11-15-9-8-10-20(5,23)21(15,18)6/h7,9,18,23H,8,10-11H2,1-6H3/b12-7+/t18-,20-,21-/m1/s1. The Morgan fingerprint density at radius 2 is 2.08 bits per heavy atom. The molecule has 0 aromatic carbocycles. The molecule has 1 heterocycles. The molecule has 2 aliphatic rings. The van der Waals surface area contributed by atoms with Gasteiger partial charge in [0.05, 0.1) is 11.0 Å². The third-order valence-electron chi connectivity index (χ3n) is 6.43. The molecule has 1 aromatic rings. The number of carbonyl (C=O) groups excluding carboxylic acids is 1. The molecule has 25 heavy (non-hydrogen) atoms. The summed E-state index contributed by atoms with van der Waals surface area (Å²) in [6.07, 6.45) is 5.50. The van der Waals surface area contributed by atoms with Crippen molar-refractivity contribution in [2.45, 2.75) is 72.5 Å². The summed E-state index contributed by atoms with van der Waals surface area (Å²) in [7, 11) is 0. The first-order chi connectivity index (χ1) is 11.6. The van der Waals surface area contributed by atoms with Crippen LogP contribution in [0.2, 0.25) is 0 Å². The van der Waals surface area contributed by atoms with Crippen LogP contribution in [0.25, 0.3) is 0 Å². The minimum Gasteiger partial charge on any atom is -0.465 e. The van der Waals surface area contributed by atoms with Gasteiger partial charge in [0.1, 0.15) is 17.6 Å². The van der Waals surface area contributed by atoms with Crippen molar-refractivity contribution < 1.29 is 19.1 Å². The molecule has 1 aromatic heterocycles. The van der Waals surface area contributed by atoms with Gasteiger partial charge in [0.15, 0.2) is 0 Å². The second-order valence-corrected chi connectivity index (χ2v) is 7.80. The summed E-state index contributed by atoms with van der Waals surface area (Å²) in [5.41, 5.74) is 1.98. The van der Waals surface area contributed by atoms with Crippen molar-refractivity contribution in [2.75, 3.05) is 0 Å². The molecule has 0 fully saturated rings. The van der Waals surface area contributed by atoms with Crippen LogP contribution in [0.3, 0.4) is 0 Å². The van der Waals surface area contributed by atoms with Gasteiger partial charge in [0.25, 0.3) is 0 Å². The summed E-state index contributed by atoms with van der Waals surface area (Å²) in [5, 5.41) is 11.3. The van der Waals surface area contributed by atoms with E-state index in [0.29, 0.717) is 18.4 Å². The van der Waals surface area contributed by atoms with Gasteiger partial charge in [0, 0.05) is 17.6 Å². The van der Waals surface area contributed by atoms with Gasteiger partial charge < -0.3 is 14.3 Å². The first-order valence-corrected chi connectivity index (χ1v) is 8.98. The summed E-state index contributed by atoms with van der Waals surface area (Å²) in [6, 6.07) is 0. The molecule has 0 aliphatic heterocycles. The quantitative estimate of drug-likeness (QED) is 0.488. The normalized spacial score (nSPS) is 31.9. The maximum Gasteiger partial charge on any atom is 0.334 e. The third-order valence-corrected chi connectivity index (χ3v) is 6.43. The van der Waals surface area contributed by atoms with E-state index >= 15 is 0 Å². The van der Waals surface area contributed by atoms with E-state index in [9.17, 15) is 9.90 Å². The highest BCUT2D eigenvalue weighted by Gasteiger charge is 2.58. The van der Waals surface area contributed by atoms with Crippen molar-refractivity contribution >= 4 is 5.97 Å². The Morgan fingerprint density at radius 3 is 2.72 bits per heavy atom. The van der Waals surface area contributed by atoms with E-state index in [1.807, 2.05) is 34.6 Å². The van der Waals surface area contributed by atoms with Crippen molar-refractivity contribution in [1.29, 1.82) is 0 Å². The van der Waals surface area contributed by atoms with Crippen LogP contribution < -0.4 is 0 Å². The number of hydrogen-bond acceptors (Lipinski definition) is 4. The minimum atomic E-state index is -0.957. The molecule has 4 nitrogen and oxygen atoms in total. The first-order valence-electron chi connectivity index (χ1n) is 8.98. The number of hydrogen-bond donors (Lipinski definition) is 1. The van der Waals surface area contributed by atoms with Crippen molar-refractivity contribution in [3.8, 4) is 0 Å². The maximum atomic E-state index is 12.6. The van der Waals surface area contributed by atoms with Gasteiger partial charge in [-0.05, 0) is 59.9 Å². The van der Waals surface area contributed by atoms with Crippen molar-refractivity contribution in [1.82, 2.24) is 0 Å². The predicted molar refractivity (Wildman–Crippen MR) is 96.2 cm³/mol. The molecule has 2 aliphatic carbocycles. The van der Waals surface area contributed by atoms with E-state index in [1.54, 1.807) is 13.0 Å². The van der Waals surface area contributed by atoms with E-state index in [2.05, 4.69) is 6.08 Å². The lowest BCUT2D eigenvalue weighted by Crippen LogP contribution is -2.53. The molecule has 136 valence electrons. The molecule has 0 unspecified atom stereocenters. The lowest BCUT2D eigenvalue weighted by molar-refractivity contribution is -0.168. The molecular formula is C21H28O4. The van der Waals surface area contributed by atoms with Crippen LogP contribution in [0, 0.1) is 19.3 Å². The molecule has 0 radical (unpaired) electrons. The second-order valence-electron chi connectivity index (χ2n) is 7.80. The summed E-state index contributed by atoms with van der Waals surface area (Å²) in [5.74, 6) is 1.35. The average molecular weight is 344 g/mol. The van der Waals surface area contributed by atoms with Crippen molar-refractivity contribution in [3.05, 3.63) is 45.9 Å². The fraction of sp³-hybridized carbons (Fsp3) is 0.571. The number of allylic oxidation sites excluding steroid dienone is 2. The number of esters is 1. The monoisotopic (exact) mass is 344 g/mol. The van der Waals surface area contributed by atoms with Gasteiger partial charge in [-0.1, -0.05) is 17.7 Å². The summed E-state index contributed by atoms with van der Waals surface area (Å²) >= 11 is 0. The third kappa shape index (κ3) is 2.50. The van der Waals surface area contributed by atoms with E-state index < -0.39 is 17.1 Å². The van der Waals surface area contributed by atoms with Gasteiger partial charge in [-0.2, -0.15) is 0 Å². The zero-order valence-corrected chi connectivity index (χ0v) is 16.0. The van der Waals surface area contributed by atoms with Crippen LogP contribution in [-0.4, -0.2) is 16.7 Å². The van der Waals surface area contributed by atoms with Gasteiger partial charge in [-0.15, -0.1) is 0 Å². The van der Waals surface area contributed by atoms with Gasteiger partial charge >= 0.3 is 5.97 Å². The average Bonchev–Trinajstić information content (AvgIpc) is 2.83.